The second-order valence-electron chi connectivity index (χ2n) is 15.3. The summed E-state index contributed by atoms with van der Waals surface area (Å²) < 4.78 is 9.67. The van der Waals surface area contributed by atoms with Crippen molar-refractivity contribution in [3.8, 4) is 0 Å². The van der Waals surface area contributed by atoms with Crippen LogP contribution in [0.2, 0.25) is 0 Å². The van der Waals surface area contributed by atoms with E-state index in [1.165, 1.54) is 161 Å². The Bertz CT molecular complexity index is 768. The normalized spacial score (nSPS) is 11.1. The molecule has 0 aromatic rings. The van der Waals surface area contributed by atoms with Crippen LogP contribution in [0.15, 0.2) is 24.3 Å². The van der Waals surface area contributed by atoms with E-state index in [1.54, 1.807) is 11.9 Å². The van der Waals surface area contributed by atoms with Gasteiger partial charge in [-0.05, 0) is 98.3 Å². The van der Waals surface area contributed by atoms with Gasteiger partial charge >= 0.3 is 5.97 Å². The van der Waals surface area contributed by atoms with Crippen LogP contribution in [0, 0.1) is 0 Å². The third-order valence-corrected chi connectivity index (χ3v) is 9.24. The Labute approximate surface area is 336 Å². The molecule has 7 heteroatoms. The predicted molar refractivity (Wildman–Crippen MR) is 234 cm³/mol. The number of rotatable bonds is 39. The van der Waals surface area contributed by atoms with Gasteiger partial charge in [-0.2, -0.15) is 0 Å². The molecule has 54 heavy (non-hydrogen) atoms. The zero-order valence-electron chi connectivity index (χ0n) is 36.9. The largest absolute Gasteiger partial charge is 0.452 e. The van der Waals surface area contributed by atoms with Gasteiger partial charge in [-0.3, -0.25) is 9.59 Å². The number of hydrogen-bond donors (Lipinski definition) is 0. The smallest absolute Gasteiger partial charge is 0.307 e. The topological polar surface area (TPSA) is 76.2 Å². The summed E-state index contributed by atoms with van der Waals surface area (Å²) >= 11 is 0. The van der Waals surface area contributed by atoms with Crippen LogP contribution in [0.3, 0.4) is 0 Å². The van der Waals surface area contributed by atoms with Gasteiger partial charge in [0.15, 0.2) is 0 Å². The fraction of sp³-hybridized carbons (Fsp3) is 0.851. The zero-order chi connectivity index (χ0) is 40.4. The predicted octanol–water partition coefficient (Wildman–Crippen LogP) is 13.5. The van der Waals surface area contributed by atoms with Crippen molar-refractivity contribution in [1.29, 1.82) is 0 Å². The molecule has 320 valence electrons. The zero-order valence-corrected chi connectivity index (χ0v) is 36.9. The molecule has 0 aromatic carbocycles. The first-order valence-electron chi connectivity index (χ1n) is 22.7. The molecule has 0 aliphatic heterocycles. The molecule has 0 N–H and O–H groups in total. The molecule has 0 fully saturated rings. The first kappa shape index (κ1) is 56.3. The van der Waals surface area contributed by atoms with Crippen LogP contribution < -0.4 is 0 Å². The number of carbonyl (C=O) groups is 3. The molecule has 0 aliphatic rings. The summed E-state index contributed by atoms with van der Waals surface area (Å²) in [7, 11) is 5.81. The highest BCUT2D eigenvalue weighted by Crippen LogP contribution is 2.11. The molecule has 0 unspecified atom stereocenters. The van der Waals surface area contributed by atoms with Gasteiger partial charge in [0.25, 0.3) is 6.47 Å². The molecular formula is C47H92N2O5. The van der Waals surface area contributed by atoms with Gasteiger partial charge in [0.2, 0.25) is 0 Å². The highest BCUT2D eigenvalue weighted by molar-refractivity contribution is 5.69. The van der Waals surface area contributed by atoms with Crippen molar-refractivity contribution in [3.63, 3.8) is 0 Å². The highest BCUT2D eigenvalue weighted by Gasteiger charge is 2.05. The molecule has 0 amide bonds. The third kappa shape index (κ3) is 59.3. The maximum atomic E-state index is 11.6. The standard InChI is InChI=1S/C22H41NO4.C18H36.C7H15NO/c1-3-4-5-6-7-8-9-10-11-12-13-14-15-16-17-18-22(25)27-20-23(2)19-26-21-24;1-3-5-7-9-11-13-15-17-18-16-14-12-10-8-6-4-2;1-8(2)6-4-3-5-7-9/h10-11,21H,3-9,12-20H2,1-2H3;17-18H,3-16H2,1-2H3;7H,3-6H2,1-2H3/b11-10-;18-17-;. The number of unbranched alkanes of at least 4 members (excludes halogenated alkanes) is 25. The van der Waals surface area contributed by atoms with E-state index in [4.69, 9.17) is 4.74 Å². The SMILES string of the molecule is CCCCCCCC/C=C\CCCCCCCC.CCCCCCCC/C=C\CCCCCCCC(=O)OCN(C)COC=O.CN(C)CCCCC=O. The number of esters is 1. The van der Waals surface area contributed by atoms with E-state index in [-0.39, 0.29) is 19.4 Å². The molecule has 0 heterocycles. The van der Waals surface area contributed by atoms with Crippen molar-refractivity contribution in [2.75, 3.05) is 41.1 Å². The van der Waals surface area contributed by atoms with E-state index < -0.39 is 0 Å². The molecule has 0 saturated carbocycles. The molecule has 0 bridgehead atoms. The van der Waals surface area contributed by atoms with Gasteiger partial charge < -0.3 is 19.2 Å². The van der Waals surface area contributed by atoms with Crippen LogP contribution in [0.4, 0.5) is 0 Å². The molecule has 0 atom stereocenters. The Morgan fingerprint density at radius 3 is 1.20 bits per heavy atom. The summed E-state index contributed by atoms with van der Waals surface area (Å²) in [6.45, 7) is 8.57. The fourth-order valence-corrected chi connectivity index (χ4v) is 5.77. The lowest BCUT2D eigenvalue weighted by molar-refractivity contribution is -0.151. The van der Waals surface area contributed by atoms with E-state index in [9.17, 15) is 14.4 Å². The average molecular weight is 765 g/mol. The van der Waals surface area contributed by atoms with Gasteiger partial charge in [-0.1, -0.05) is 161 Å². The summed E-state index contributed by atoms with van der Waals surface area (Å²) in [5, 5.41) is 0. The Morgan fingerprint density at radius 1 is 0.463 bits per heavy atom. The Morgan fingerprint density at radius 2 is 0.833 bits per heavy atom. The lowest BCUT2D eigenvalue weighted by Crippen LogP contribution is -2.26. The van der Waals surface area contributed by atoms with E-state index in [1.807, 2.05) is 14.1 Å². The van der Waals surface area contributed by atoms with Crippen LogP contribution in [0.1, 0.15) is 220 Å². The summed E-state index contributed by atoms with van der Waals surface area (Å²) in [5.41, 5.74) is 0. The molecule has 0 aromatic heterocycles. The minimum Gasteiger partial charge on any atom is -0.452 e. The van der Waals surface area contributed by atoms with Crippen molar-refractivity contribution in [3.05, 3.63) is 24.3 Å². The Hall–Kier alpha value is -1.99. The van der Waals surface area contributed by atoms with Gasteiger partial charge in [0.1, 0.15) is 19.7 Å². The number of ether oxygens (including phenoxy) is 2. The molecule has 0 radical (unpaired) electrons. The number of carbonyl (C=O) groups excluding carboxylic acids is 3. The molecule has 0 rings (SSSR count). The first-order valence-corrected chi connectivity index (χ1v) is 22.7. The third-order valence-electron chi connectivity index (χ3n) is 9.24. The minimum absolute atomic E-state index is 0.129. The van der Waals surface area contributed by atoms with Crippen LogP contribution >= 0.6 is 0 Å². The van der Waals surface area contributed by atoms with Crippen LogP contribution in [0.5, 0.6) is 0 Å². The van der Waals surface area contributed by atoms with Crippen molar-refractivity contribution >= 4 is 18.7 Å². The monoisotopic (exact) mass is 765 g/mol. The van der Waals surface area contributed by atoms with Gasteiger partial charge in [-0.15, -0.1) is 0 Å². The summed E-state index contributed by atoms with van der Waals surface area (Å²) in [6.07, 6.45) is 49.6. The number of nitrogens with zero attached hydrogens (tertiary/aromatic N) is 2. The summed E-state index contributed by atoms with van der Waals surface area (Å²) in [6, 6.07) is 0. The molecular weight excluding hydrogens is 673 g/mol. The number of aldehydes is 1. The maximum absolute atomic E-state index is 11.6. The lowest BCUT2D eigenvalue weighted by Gasteiger charge is -2.14. The average Bonchev–Trinajstić information content (AvgIpc) is 3.17. The van der Waals surface area contributed by atoms with E-state index in [0.29, 0.717) is 19.3 Å². The second-order valence-corrected chi connectivity index (χ2v) is 15.3. The highest BCUT2D eigenvalue weighted by atomic mass is 16.6. The van der Waals surface area contributed by atoms with Crippen molar-refractivity contribution in [2.45, 2.75) is 220 Å². The quantitative estimate of drug-likeness (QED) is 0.0203. The minimum atomic E-state index is -0.189. The summed E-state index contributed by atoms with van der Waals surface area (Å²) in [4.78, 5) is 35.2. The summed E-state index contributed by atoms with van der Waals surface area (Å²) in [5.74, 6) is -0.189. The lowest BCUT2D eigenvalue weighted by atomic mass is 10.1. The van der Waals surface area contributed by atoms with Crippen molar-refractivity contribution in [1.82, 2.24) is 9.80 Å². The molecule has 0 saturated heterocycles. The Balaban J connectivity index is -0.000000823. The first-order chi connectivity index (χ1) is 26.4. The van der Waals surface area contributed by atoms with Gasteiger partial charge in [-0.25, -0.2) is 4.90 Å². The van der Waals surface area contributed by atoms with Crippen LogP contribution in [0.25, 0.3) is 0 Å². The second kappa shape index (κ2) is 53.1. The van der Waals surface area contributed by atoms with Crippen LogP contribution in [-0.4, -0.2) is 69.7 Å². The van der Waals surface area contributed by atoms with E-state index >= 15 is 0 Å². The van der Waals surface area contributed by atoms with Crippen molar-refractivity contribution in [2.24, 2.45) is 0 Å². The molecule has 0 spiro atoms. The fourth-order valence-electron chi connectivity index (χ4n) is 5.77. The van der Waals surface area contributed by atoms with Crippen molar-refractivity contribution < 1.29 is 23.9 Å². The van der Waals surface area contributed by atoms with E-state index in [2.05, 4.69) is 54.7 Å². The van der Waals surface area contributed by atoms with E-state index in [0.717, 1.165) is 38.5 Å². The molecule has 7 nitrogen and oxygen atoms in total. The number of hydrogen-bond acceptors (Lipinski definition) is 7. The molecule has 0 aliphatic carbocycles. The maximum Gasteiger partial charge on any atom is 0.307 e. The number of allylic oxidation sites excluding steroid dienone is 4. The van der Waals surface area contributed by atoms with Gasteiger partial charge in [0.05, 0.1) is 0 Å². The Kier molecular flexibility index (Phi) is 55.4. The van der Waals surface area contributed by atoms with Gasteiger partial charge in [0, 0.05) is 12.8 Å². The van der Waals surface area contributed by atoms with Crippen LogP contribution in [-0.2, 0) is 23.9 Å².